The van der Waals surface area contributed by atoms with Gasteiger partial charge in [-0.05, 0) is 36.2 Å². The molecule has 0 amide bonds. The lowest BCUT2D eigenvalue weighted by Gasteiger charge is -2.09. The lowest BCUT2D eigenvalue weighted by molar-refractivity contribution is 0.414. The third-order valence-corrected chi connectivity index (χ3v) is 4.62. The van der Waals surface area contributed by atoms with Gasteiger partial charge in [-0.15, -0.1) is 0 Å². The third kappa shape index (κ3) is 5.45. The summed E-state index contributed by atoms with van der Waals surface area (Å²) in [5, 5.41) is 3.23. The van der Waals surface area contributed by atoms with Crippen LogP contribution in [0.3, 0.4) is 0 Å². The number of hydrogen-bond acceptors (Lipinski definition) is 5. The second-order valence-electron chi connectivity index (χ2n) is 5.05. The number of hydrogen-bond donors (Lipinski definition) is 2. The van der Waals surface area contributed by atoms with Crippen molar-refractivity contribution in [3.05, 3.63) is 48.2 Å². The van der Waals surface area contributed by atoms with Crippen LogP contribution in [0.25, 0.3) is 0 Å². The standard InChI is InChI=1S/C16H21N3O3S/c1-3-10-23(20,21)19-16-9-6-14(12-18-16)17-11-13-4-7-15(22-2)8-5-13/h4-9,12,17H,3,10-11H2,1-2H3,(H,18,19). The first-order valence-electron chi connectivity index (χ1n) is 7.36. The van der Waals surface area contributed by atoms with Crippen LogP contribution in [0.5, 0.6) is 5.75 Å². The fourth-order valence-corrected chi connectivity index (χ4v) is 3.06. The Bertz CT molecular complexity index is 713. The highest BCUT2D eigenvalue weighted by Gasteiger charge is 2.09. The molecule has 2 N–H and O–H groups in total. The fraction of sp³-hybridized carbons (Fsp3) is 0.312. The molecular formula is C16H21N3O3S. The Balaban J connectivity index is 1.91. The van der Waals surface area contributed by atoms with E-state index >= 15 is 0 Å². The quantitative estimate of drug-likeness (QED) is 0.775. The molecule has 0 saturated heterocycles. The maximum Gasteiger partial charge on any atom is 0.233 e. The zero-order chi connectivity index (χ0) is 16.7. The van der Waals surface area contributed by atoms with Crippen molar-refractivity contribution >= 4 is 21.5 Å². The van der Waals surface area contributed by atoms with Gasteiger partial charge in [0.25, 0.3) is 0 Å². The van der Waals surface area contributed by atoms with Gasteiger partial charge in [-0.1, -0.05) is 19.1 Å². The van der Waals surface area contributed by atoms with E-state index in [2.05, 4.69) is 15.0 Å². The minimum atomic E-state index is -3.30. The summed E-state index contributed by atoms with van der Waals surface area (Å²) in [6.45, 7) is 2.46. The molecule has 6 nitrogen and oxygen atoms in total. The molecule has 0 saturated carbocycles. The minimum absolute atomic E-state index is 0.0894. The molecule has 1 heterocycles. The lowest BCUT2D eigenvalue weighted by atomic mass is 10.2. The second-order valence-corrected chi connectivity index (χ2v) is 6.90. The Morgan fingerprint density at radius 3 is 2.43 bits per heavy atom. The molecule has 7 heteroatoms. The first kappa shape index (κ1) is 17.1. The SMILES string of the molecule is CCCS(=O)(=O)Nc1ccc(NCc2ccc(OC)cc2)cn1. The summed E-state index contributed by atoms with van der Waals surface area (Å²) in [6, 6.07) is 11.2. The van der Waals surface area contributed by atoms with E-state index in [0.717, 1.165) is 17.0 Å². The first-order chi connectivity index (χ1) is 11.0. The van der Waals surface area contributed by atoms with Crippen LogP contribution >= 0.6 is 0 Å². The first-order valence-corrected chi connectivity index (χ1v) is 9.01. The van der Waals surface area contributed by atoms with Gasteiger partial charge in [-0.2, -0.15) is 0 Å². The Hall–Kier alpha value is -2.28. The summed E-state index contributed by atoms with van der Waals surface area (Å²) in [5.41, 5.74) is 1.93. The van der Waals surface area contributed by atoms with Crippen LogP contribution in [0.2, 0.25) is 0 Å². The molecule has 0 bridgehead atoms. The van der Waals surface area contributed by atoms with Gasteiger partial charge in [-0.3, -0.25) is 4.72 Å². The Morgan fingerprint density at radius 2 is 1.87 bits per heavy atom. The van der Waals surface area contributed by atoms with Crippen molar-refractivity contribution < 1.29 is 13.2 Å². The van der Waals surface area contributed by atoms with E-state index in [0.29, 0.717) is 18.8 Å². The van der Waals surface area contributed by atoms with Gasteiger partial charge in [0.15, 0.2) is 0 Å². The number of pyridine rings is 1. The van der Waals surface area contributed by atoms with Gasteiger partial charge in [0.2, 0.25) is 10.0 Å². The predicted molar refractivity (Wildman–Crippen MR) is 92.3 cm³/mol. The Labute approximate surface area is 137 Å². The van der Waals surface area contributed by atoms with E-state index in [1.54, 1.807) is 25.4 Å². The molecule has 0 radical (unpaired) electrons. The predicted octanol–water partition coefficient (Wildman–Crippen LogP) is 2.85. The molecule has 0 aliphatic rings. The highest BCUT2D eigenvalue weighted by atomic mass is 32.2. The molecule has 2 aromatic rings. The van der Waals surface area contributed by atoms with Crippen LogP contribution in [0, 0.1) is 0 Å². The van der Waals surface area contributed by atoms with Gasteiger partial charge in [0.1, 0.15) is 11.6 Å². The van der Waals surface area contributed by atoms with Crippen molar-refractivity contribution in [1.82, 2.24) is 4.98 Å². The Kier molecular flexibility index (Phi) is 5.81. The van der Waals surface area contributed by atoms with Crippen LogP contribution in [0.15, 0.2) is 42.6 Å². The smallest absolute Gasteiger partial charge is 0.233 e. The highest BCUT2D eigenvalue weighted by Crippen LogP contribution is 2.15. The summed E-state index contributed by atoms with van der Waals surface area (Å²) in [5.74, 6) is 1.24. The number of sulfonamides is 1. The van der Waals surface area contributed by atoms with Crippen molar-refractivity contribution in [2.24, 2.45) is 0 Å². The van der Waals surface area contributed by atoms with E-state index in [-0.39, 0.29) is 5.75 Å². The zero-order valence-electron chi connectivity index (χ0n) is 13.2. The topological polar surface area (TPSA) is 80.3 Å². The summed E-state index contributed by atoms with van der Waals surface area (Å²) in [7, 11) is -1.67. The normalized spacial score (nSPS) is 11.0. The van der Waals surface area contributed by atoms with Gasteiger partial charge in [0, 0.05) is 6.54 Å². The average Bonchev–Trinajstić information content (AvgIpc) is 2.54. The highest BCUT2D eigenvalue weighted by molar-refractivity contribution is 7.92. The molecule has 0 aliphatic carbocycles. The van der Waals surface area contributed by atoms with Crippen LogP contribution in [-0.4, -0.2) is 26.3 Å². The van der Waals surface area contributed by atoms with Crippen molar-refractivity contribution in [2.75, 3.05) is 22.9 Å². The van der Waals surface area contributed by atoms with E-state index in [1.165, 1.54) is 0 Å². The molecule has 1 aromatic heterocycles. The fourth-order valence-electron chi connectivity index (χ4n) is 1.99. The van der Waals surface area contributed by atoms with Crippen LogP contribution in [-0.2, 0) is 16.6 Å². The van der Waals surface area contributed by atoms with Crippen molar-refractivity contribution in [1.29, 1.82) is 0 Å². The van der Waals surface area contributed by atoms with E-state index < -0.39 is 10.0 Å². The van der Waals surface area contributed by atoms with Gasteiger partial charge in [-0.25, -0.2) is 13.4 Å². The Morgan fingerprint density at radius 1 is 1.13 bits per heavy atom. The third-order valence-electron chi connectivity index (χ3n) is 3.15. The van der Waals surface area contributed by atoms with Gasteiger partial charge < -0.3 is 10.1 Å². The molecule has 2 rings (SSSR count). The molecule has 1 aromatic carbocycles. The average molecular weight is 335 g/mol. The van der Waals surface area contributed by atoms with Crippen LogP contribution in [0.4, 0.5) is 11.5 Å². The molecule has 124 valence electrons. The molecule has 0 aliphatic heterocycles. The number of nitrogens with zero attached hydrogens (tertiary/aromatic N) is 1. The second kappa shape index (κ2) is 7.82. The number of anilines is 2. The maximum absolute atomic E-state index is 11.7. The molecule has 23 heavy (non-hydrogen) atoms. The number of aromatic nitrogens is 1. The summed E-state index contributed by atoms with van der Waals surface area (Å²) in [6.07, 6.45) is 2.17. The molecule has 0 fully saturated rings. The van der Waals surface area contributed by atoms with E-state index in [4.69, 9.17) is 4.74 Å². The largest absolute Gasteiger partial charge is 0.497 e. The zero-order valence-corrected chi connectivity index (χ0v) is 14.1. The number of benzene rings is 1. The van der Waals surface area contributed by atoms with Crippen molar-refractivity contribution in [3.8, 4) is 5.75 Å². The summed E-state index contributed by atoms with van der Waals surface area (Å²) >= 11 is 0. The van der Waals surface area contributed by atoms with Crippen molar-refractivity contribution in [3.63, 3.8) is 0 Å². The summed E-state index contributed by atoms with van der Waals surface area (Å²) < 4.78 is 30.9. The number of rotatable bonds is 8. The van der Waals surface area contributed by atoms with Crippen LogP contribution in [0.1, 0.15) is 18.9 Å². The monoisotopic (exact) mass is 335 g/mol. The number of methoxy groups -OCH3 is 1. The van der Waals surface area contributed by atoms with Gasteiger partial charge >= 0.3 is 0 Å². The summed E-state index contributed by atoms with van der Waals surface area (Å²) in [4.78, 5) is 4.11. The lowest BCUT2D eigenvalue weighted by Crippen LogP contribution is -2.16. The van der Waals surface area contributed by atoms with E-state index in [1.807, 2.05) is 31.2 Å². The minimum Gasteiger partial charge on any atom is -0.497 e. The van der Waals surface area contributed by atoms with Crippen LogP contribution < -0.4 is 14.8 Å². The van der Waals surface area contributed by atoms with Gasteiger partial charge in [0.05, 0.1) is 24.7 Å². The number of ether oxygens (including phenoxy) is 1. The van der Waals surface area contributed by atoms with Crippen molar-refractivity contribution in [2.45, 2.75) is 19.9 Å². The molecule has 0 unspecified atom stereocenters. The van der Waals surface area contributed by atoms with E-state index in [9.17, 15) is 8.42 Å². The molecule has 0 atom stereocenters. The molecular weight excluding hydrogens is 314 g/mol. The number of nitrogens with one attached hydrogen (secondary N) is 2. The maximum atomic E-state index is 11.7. The molecule has 0 spiro atoms.